The van der Waals surface area contributed by atoms with Crippen LogP contribution in [0.2, 0.25) is 0 Å². The molecule has 5 nitrogen and oxygen atoms in total. The van der Waals surface area contributed by atoms with Crippen molar-refractivity contribution in [2.75, 3.05) is 0 Å². The Hall–Kier alpha value is -1.31. The van der Waals surface area contributed by atoms with Crippen molar-refractivity contribution in [2.24, 2.45) is 0 Å². The maximum Gasteiger partial charge on any atom is 0.506 e. The second kappa shape index (κ2) is 5.23. The number of benzene rings is 1. The first-order valence-corrected chi connectivity index (χ1v) is 6.98. The van der Waals surface area contributed by atoms with Crippen molar-refractivity contribution in [3.8, 4) is 0 Å². The fraction of sp³-hybridized carbons (Fsp3) is 0.308. The van der Waals surface area contributed by atoms with Crippen LogP contribution in [0.15, 0.2) is 28.7 Å². The summed E-state index contributed by atoms with van der Waals surface area (Å²) >= 11 is 3.35. The van der Waals surface area contributed by atoms with Gasteiger partial charge in [-0.3, -0.25) is 4.57 Å². The minimum absolute atomic E-state index is 0.139. The van der Waals surface area contributed by atoms with Gasteiger partial charge >= 0.3 is 13.1 Å². The van der Waals surface area contributed by atoms with Crippen molar-refractivity contribution in [1.29, 1.82) is 0 Å². The van der Waals surface area contributed by atoms with Crippen molar-refractivity contribution in [3.63, 3.8) is 0 Å². The van der Waals surface area contributed by atoms with Gasteiger partial charge < -0.3 is 15.4 Å². The minimum Gasteiger partial charge on any atom is -0.422 e. The van der Waals surface area contributed by atoms with E-state index in [0.717, 1.165) is 9.86 Å². The molecule has 3 N–H and O–H groups in total. The summed E-state index contributed by atoms with van der Waals surface area (Å²) in [6.07, 6.45) is 0. The number of carbonyl (C=O) groups excluding carboxylic acids is 1. The Labute approximate surface area is 125 Å². The zero-order valence-electron chi connectivity index (χ0n) is 11.5. The van der Waals surface area contributed by atoms with E-state index in [9.17, 15) is 14.8 Å². The molecule has 1 amide bonds. The van der Waals surface area contributed by atoms with Crippen molar-refractivity contribution in [3.05, 3.63) is 28.7 Å². The number of nitrogens with zero attached hydrogens (tertiary/aromatic N) is 1. The molecule has 0 fully saturated rings. The molecule has 0 saturated heterocycles. The molecule has 2 rings (SSSR count). The van der Waals surface area contributed by atoms with Crippen LogP contribution in [-0.4, -0.2) is 33.3 Å². The number of amides is 1. The molecule has 0 atom stereocenters. The maximum absolute atomic E-state index is 12.4. The fourth-order valence-electron chi connectivity index (χ4n) is 2.00. The average Bonchev–Trinajstić information content (AvgIpc) is 2.64. The molecule has 106 valence electrons. The van der Waals surface area contributed by atoms with Crippen LogP contribution < -0.4 is 10.9 Å². The summed E-state index contributed by atoms with van der Waals surface area (Å²) in [7, 11) is -1.72. The van der Waals surface area contributed by atoms with Crippen LogP contribution in [0.4, 0.5) is 4.79 Å². The quantitative estimate of drug-likeness (QED) is 0.689. The number of hydrogen-bond donors (Lipinski definition) is 3. The second-order valence-corrected chi connectivity index (χ2v) is 6.58. The first-order chi connectivity index (χ1) is 9.19. The van der Waals surface area contributed by atoms with Gasteiger partial charge in [-0.2, -0.15) is 0 Å². The van der Waals surface area contributed by atoms with E-state index in [4.69, 9.17) is 0 Å². The number of halogens is 1. The van der Waals surface area contributed by atoms with Gasteiger partial charge in [0, 0.05) is 15.4 Å². The van der Waals surface area contributed by atoms with E-state index < -0.39 is 18.7 Å². The molecule has 1 aromatic carbocycles. The highest BCUT2D eigenvalue weighted by Gasteiger charge is 2.25. The lowest BCUT2D eigenvalue weighted by atomic mass is 9.86. The highest BCUT2D eigenvalue weighted by molar-refractivity contribution is 9.10. The smallest absolute Gasteiger partial charge is 0.422 e. The summed E-state index contributed by atoms with van der Waals surface area (Å²) in [6.45, 7) is 5.59. The number of nitrogens with one attached hydrogen (secondary N) is 1. The summed E-state index contributed by atoms with van der Waals surface area (Å²) in [6, 6.07) is 6.58. The van der Waals surface area contributed by atoms with Crippen LogP contribution >= 0.6 is 15.9 Å². The Morgan fingerprint density at radius 1 is 1.30 bits per heavy atom. The van der Waals surface area contributed by atoms with Gasteiger partial charge in [-0.15, -0.1) is 0 Å². The molecule has 1 heterocycles. The topological polar surface area (TPSA) is 74.5 Å². The summed E-state index contributed by atoms with van der Waals surface area (Å²) in [4.78, 5) is 12.4. The molecule has 0 aliphatic carbocycles. The van der Waals surface area contributed by atoms with Crippen molar-refractivity contribution < 1.29 is 14.8 Å². The number of aromatic nitrogens is 1. The predicted octanol–water partition coefficient (Wildman–Crippen LogP) is 1.44. The van der Waals surface area contributed by atoms with Crippen LogP contribution in [-0.2, 0) is 0 Å². The van der Waals surface area contributed by atoms with E-state index in [1.807, 2.05) is 26.8 Å². The molecule has 0 bridgehead atoms. The van der Waals surface area contributed by atoms with Gasteiger partial charge in [0.25, 0.3) is 0 Å². The molecule has 0 aliphatic heterocycles. The Bertz CT molecular complexity index is 661. The molecule has 2 aromatic rings. The molecule has 0 spiro atoms. The van der Waals surface area contributed by atoms with Crippen LogP contribution in [0.1, 0.15) is 20.8 Å². The SMILES string of the molecule is CC(C)(C)NC(=O)n1c(B(O)O)cc2cc(Br)ccc21. The van der Waals surface area contributed by atoms with Gasteiger partial charge in [0.2, 0.25) is 0 Å². The Balaban J connectivity index is 2.60. The van der Waals surface area contributed by atoms with Crippen molar-refractivity contribution in [2.45, 2.75) is 26.3 Å². The molecule has 7 heteroatoms. The third kappa shape index (κ3) is 3.05. The largest absolute Gasteiger partial charge is 0.506 e. The van der Waals surface area contributed by atoms with E-state index in [2.05, 4.69) is 21.2 Å². The standard InChI is InChI=1S/C13H16BBrN2O3/c1-13(2,3)16-12(18)17-10-5-4-9(15)6-8(10)7-11(17)14(19)20/h4-7,19-20H,1-3H3,(H,16,18). The second-order valence-electron chi connectivity index (χ2n) is 5.66. The molecule has 0 saturated carbocycles. The number of rotatable bonds is 1. The van der Waals surface area contributed by atoms with Crippen LogP contribution in [0.25, 0.3) is 10.9 Å². The van der Waals surface area contributed by atoms with E-state index in [1.54, 1.807) is 18.2 Å². The van der Waals surface area contributed by atoms with E-state index >= 15 is 0 Å². The third-order valence-electron chi connectivity index (χ3n) is 2.74. The lowest BCUT2D eigenvalue weighted by Gasteiger charge is -2.22. The summed E-state index contributed by atoms with van der Waals surface area (Å²) in [5, 5.41) is 22.5. The lowest BCUT2D eigenvalue weighted by Crippen LogP contribution is -2.48. The van der Waals surface area contributed by atoms with Gasteiger partial charge in [-0.25, -0.2) is 4.79 Å². The van der Waals surface area contributed by atoms with Gasteiger partial charge in [0.05, 0.1) is 11.1 Å². The monoisotopic (exact) mass is 338 g/mol. The van der Waals surface area contributed by atoms with E-state index in [0.29, 0.717) is 5.52 Å². The molecular weight excluding hydrogens is 323 g/mol. The van der Waals surface area contributed by atoms with Gasteiger partial charge in [0.15, 0.2) is 0 Å². The Kier molecular flexibility index (Phi) is 3.95. The zero-order chi connectivity index (χ0) is 15.1. The normalized spacial score (nSPS) is 11.7. The molecule has 1 aromatic heterocycles. The summed E-state index contributed by atoms with van der Waals surface area (Å²) in [5.74, 6) is 0. The number of fused-ring (bicyclic) bond motifs is 1. The third-order valence-corrected chi connectivity index (χ3v) is 3.23. The summed E-state index contributed by atoms with van der Waals surface area (Å²) in [5.41, 5.74) is 0.346. The molecule has 0 aliphatic rings. The van der Waals surface area contributed by atoms with Gasteiger partial charge in [0.1, 0.15) is 0 Å². The number of carbonyl (C=O) groups is 1. The molecule has 20 heavy (non-hydrogen) atoms. The van der Waals surface area contributed by atoms with Crippen LogP contribution in [0, 0.1) is 0 Å². The zero-order valence-corrected chi connectivity index (χ0v) is 13.1. The lowest BCUT2D eigenvalue weighted by molar-refractivity contribution is 0.234. The van der Waals surface area contributed by atoms with Crippen molar-refractivity contribution >= 4 is 45.6 Å². The highest BCUT2D eigenvalue weighted by atomic mass is 79.9. The first-order valence-electron chi connectivity index (χ1n) is 6.18. The predicted molar refractivity (Wildman–Crippen MR) is 83.1 cm³/mol. The van der Waals surface area contributed by atoms with Gasteiger partial charge in [-0.05, 0) is 45.0 Å². The van der Waals surface area contributed by atoms with Gasteiger partial charge in [-0.1, -0.05) is 15.9 Å². The van der Waals surface area contributed by atoms with E-state index in [1.165, 1.54) is 4.57 Å². The average molecular weight is 339 g/mol. The van der Waals surface area contributed by atoms with Crippen LogP contribution in [0.3, 0.4) is 0 Å². The van der Waals surface area contributed by atoms with E-state index in [-0.39, 0.29) is 5.59 Å². The summed E-state index contributed by atoms with van der Waals surface area (Å²) < 4.78 is 2.15. The fourth-order valence-corrected chi connectivity index (χ4v) is 2.38. The highest BCUT2D eigenvalue weighted by Crippen LogP contribution is 2.20. The van der Waals surface area contributed by atoms with Crippen molar-refractivity contribution in [1.82, 2.24) is 9.88 Å². The Morgan fingerprint density at radius 3 is 2.50 bits per heavy atom. The molecule has 0 radical (unpaired) electrons. The van der Waals surface area contributed by atoms with Crippen LogP contribution in [0.5, 0.6) is 0 Å². The minimum atomic E-state index is -1.72. The molecule has 0 unspecified atom stereocenters. The molecular formula is C13H16BBrN2O3. The first kappa shape index (κ1) is 15.1. The maximum atomic E-state index is 12.4. The Morgan fingerprint density at radius 2 is 1.95 bits per heavy atom. The number of hydrogen-bond acceptors (Lipinski definition) is 3.